The molecule has 5 nitrogen and oxygen atoms in total. The molecule has 2 N–H and O–H groups in total. The summed E-state index contributed by atoms with van der Waals surface area (Å²) < 4.78 is 0. The molecule has 1 aliphatic heterocycles. The first-order valence-corrected chi connectivity index (χ1v) is 6.54. The number of likely N-dealkylation sites (N-methyl/N-ethyl adjacent to an activating group) is 1. The van der Waals surface area contributed by atoms with Gasteiger partial charge in [-0.15, -0.1) is 0 Å². The molecule has 1 rings (SSSR count). The van der Waals surface area contributed by atoms with Crippen molar-refractivity contribution in [3.05, 3.63) is 0 Å². The van der Waals surface area contributed by atoms with Crippen molar-refractivity contribution in [2.75, 3.05) is 52.9 Å². The number of carbonyl (C=O) groups is 1. The van der Waals surface area contributed by atoms with Crippen LogP contribution in [0.2, 0.25) is 0 Å². The van der Waals surface area contributed by atoms with Crippen LogP contribution in [-0.2, 0) is 0 Å². The molecule has 0 aromatic rings. The average molecular weight is 242 g/mol. The van der Waals surface area contributed by atoms with Gasteiger partial charge in [-0.2, -0.15) is 0 Å². The molecule has 0 radical (unpaired) electrons. The lowest BCUT2D eigenvalue weighted by Gasteiger charge is -2.33. The third kappa shape index (κ3) is 5.89. The highest BCUT2D eigenvalue weighted by molar-refractivity contribution is 5.73. The van der Waals surface area contributed by atoms with E-state index in [1.807, 2.05) is 6.92 Å². The predicted molar refractivity (Wildman–Crippen MR) is 70.2 cm³/mol. The summed E-state index contributed by atoms with van der Waals surface area (Å²) >= 11 is 0. The molecular weight excluding hydrogens is 216 g/mol. The summed E-state index contributed by atoms with van der Waals surface area (Å²) in [5.74, 6) is 0.501. The Morgan fingerprint density at radius 2 is 1.88 bits per heavy atom. The highest BCUT2D eigenvalue weighted by Gasteiger charge is 2.16. The summed E-state index contributed by atoms with van der Waals surface area (Å²) in [6.45, 7) is 11.2. The van der Waals surface area contributed by atoms with E-state index in [2.05, 4.69) is 34.4 Å². The Hall–Kier alpha value is -0.810. The lowest BCUT2D eigenvalue weighted by molar-refractivity contribution is 0.138. The van der Waals surface area contributed by atoms with Gasteiger partial charge in [0.15, 0.2) is 0 Å². The van der Waals surface area contributed by atoms with Crippen molar-refractivity contribution >= 4 is 6.03 Å². The van der Waals surface area contributed by atoms with Crippen molar-refractivity contribution in [3.8, 4) is 0 Å². The second-order valence-corrected chi connectivity index (χ2v) is 4.95. The Labute approximate surface area is 105 Å². The highest BCUT2D eigenvalue weighted by Crippen LogP contribution is 2.03. The molecule has 0 unspecified atom stereocenters. The van der Waals surface area contributed by atoms with Gasteiger partial charge in [0, 0.05) is 45.8 Å². The van der Waals surface area contributed by atoms with Crippen LogP contribution in [0.5, 0.6) is 0 Å². The van der Waals surface area contributed by atoms with Gasteiger partial charge >= 0.3 is 6.03 Å². The Morgan fingerprint density at radius 1 is 1.24 bits per heavy atom. The third-order valence-electron chi connectivity index (χ3n) is 3.11. The number of piperazine rings is 1. The Kier molecular flexibility index (Phi) is 6.29. The quantitative estimate of drug-likeness (QED) is 0.723. The van der Waals surface area contributed by atoms with Crippen LogP contribution >= 0.6 is 0 Å². The summed E-state index contributed by atoms with van der Waals surface area (Å²) in [5.41, 5.74) is 0. The van der Waals surface area contributed by atoms with E-state index in [0.29, 0.717) is 12.5 Å². The van der Waals surface area contributed by atoms with E-state index in [0.717, 1.165) is 39.3 Å². The fraction of sp³-hybridized carbons (Fsp3) is 0.917. The lowest BCUT2D eigenvalue weighted by Crippen LogP contribution is -2.47. The van der Waals surface area contributed by atoms with Crippen LogP contribution in [0.15, 0.2) is 0 Å². The zero-order valence-corrected chi connectivity index (χ0v) is 11.3. The molecular formula is C12H26N4O. The van der Waals surface area contributed by atoms with Crippen LogP contribution in [0.3, 0.4) is 0 Å². The summed E-state index contributed by atoms with van der Waals surface area (Å²) in [6.07, 6.45) is 0. The van der Waals surface area contributed by atoms with E-state index in [4.69, 9.17) is 0 Å². The molecule has 0 aliphatic carbocycles. The van der Waals surface area contributed by atoms with Crippen LogP contribution in [-0.4, -0.2) is 68.7 Å². The number of urea groups is 1. The minimum Gasteiger partial charge on any atom is -0.338 e. The van der Waals surface area contributed by atoms with Crippen molar-refractivity contribution in [1.29, 1.82) is 0 Å². The number of rotatable bonds is 5. The van der Waals surface area contributed by atoms with E-state index in [1.165, 1.54) is 0 Å². The highest BCUT2D eigenvalue weighted by atomic mass is 16.2. The maximum Gasteiger partial charge on any atom is 0.314 e. The molecule has 0 bridgehead atoms. The molecule has 0 aromatic carbocycles. The molecule has 5 heteroatoms. The monoisotopic (exact) mass is 242 g/mol. The smallest absolute Gasteiger partial charge is 0.314 e. The van der Waals surface area contributed by atoms with Crippen molar-refractivity contribution in [2.45, 2.75) is 13.8 Å². The largest absolute Gasteiger partial charge is 0.338 e. The van der Waals surface area contributed by atoms with Gasteiger partial charge in [-0.1, -0.05) is 6.92 Å². The maximum absolute atomic E-state index is 11.2. The Balaban J connectivity index is 2.12. The lowest BCUT2D eigenvalue weighted by atomic mass is 10.1. The average Bonchev–Trinajstić information content (AvgIpc) is 2.30. The van der Waals surface area contributed by atoms with Gasteiger partial charge in [0.25, 0.3) is 0 Å². The van der Waals surface area contributed by atoms with Gasteiger partial charge < -0.3 is 20.4 Å². The Morgan fingerprint density at radius 3 is 2.47 bits per heavy atom. The van der Waals surface area contributed by atoms with Crippen LogP contribution < -0.4 is 10.6 Å². The zero-order valence-electron chi connectivity index (χ0n) is 11.3. The number of carbonyl (C=O) groups excluding carboxylic acids is 1. The van der Waals surface area contributed by atoms with Gasteiger partial charge in [-0.05, 0) is 19.9 Å². The molecule has 2 amide bonds. The summed E-state index contributed by atoms with van der Waals surface area (Å²) in [4.78, 5) is 16.1. The summed E-state index contributed by atoms with van der Waals surface area (Å²) in [5, 5.41) is 5.63. The van der Waals surface area contributed by atoms with Crippen LogP contribution in [0.1, 0.15) is 13.8 Å². The molecule has 0 spiro atoms. The second-order valence-electron chi connectivity index (χ2n) is 4.95. The molecule has 100 valence electrons. The first-order valence-electron chi connectivity index (χ1n) is 6.54. The fourth-order valence-corrected chi connectivity index (χ4v) is 2.03. The Bertz CT molecular complexity index is 227. The van der Waals surface area contributed by atoms with Crippen molar-refractivity contribution < 1.29 is 4.79 Å². The summed E-state index contributed by atoms with van der Waals surface area (Å²) in [6, 6.07) is -0.0577. The number of hydrogen-bond acceptors (Lipinski definition) is 3. The van der Waals surface area contributed by atoms with E-state index in [-0.39, 0.29) is 6.03 Å². The molecule has 1 heterocycles. The standard InChI is InChI=1S/C12H26N4O/c1-4-13-12(17)14-9-11(2)10-16-7-5-15(3)6-8-16/h11H,4-10H2,1-3H3,(H2,13,14,17)/t11-/m1/s1. The first-order chi connectivity index (χ1) is 8.11. The normalized spacial score (nSPS) is 19.9. The molecule has 1 fully saturated rings. The number of nitrogens with zero attached hydrogens (tertiary/aromatic N) is 2. The van der Waals surface area contributed by atoms with Crippen molar-refractivity contribution in [1.82, 2.24) is 20.4 Å². The topological polar surface area (TPSA) is 47.6 Å². The van der Waals surface area contributed by atoms with E-state index in [9.17, 15) is 4.79 Å². The number of amides is 2. The first kappa shape index (κ1) is 14.3. The molecule has 1 atom stereocenters. The second kappa shape index (κ2) is 7.50. The van der Waals surface area contributed by atoms with E-state index >= 15 is 0 Å². The van der Waals surface area contributed by atoms with Crippen LogP contribution in [0.4, 0.5) is 4.79 Å². The molecule has 0 aromatic heterocycles. The van der Waals surface area contributed by atoms with Gasteiger partial charge in [0.2, 0.25) is 0 Å². The van der Waals surface area contributed by atoms with Crippen LogP contribution in [0, 0.1) is 5.92 Å². The van der Waals surface area contributed by atoms with Crippen molar-refractivity contribution in [3.63, 3.8) is 0 Å². The van der Waals surface area contributed by atoms with Gasteiger partial charge in [-0.3, -0.25) is 0 Å². The number of hydrogen-bond donors (Lipinski definition) is 2. The molecule has 1 aliphatic rings. The van der Waals surface area contributed by atoms with Gasteiger partial charge in [-0.25, -0.2) is 4.79 Å². The van der Waals surface area contributed by atoms with Gasteiger partial charge in [0.05, 0.1) is 0 Å². The molecule has 17 heavy (non-hydrogen) atoms. The van der Waals surface area contributed by atoms with Gasteiger partial charge in [0.1, 0.15) is 0 Å². The number of nitrogens with one attached hydrogen (secondary N) is 2. The maximum atomic E-state index is 11.2. The summed E-state index contributed by atoms with van der Waals surface area (Å²) in [7, 11) is 2.16. The fourth-order valence-electron chi connectivity index (χ4n) is 2.03. The van der Waals surface area contributed by atoms with Crippen LogP contribution in [0.25, 0.3) is 0 Å². The minimum absolute atomic E-state index is 0.0577. The van der Waals surface area contributed by atoms with E-state index in [1.54, 1.807) is 0 Å². The SMILES string of the molecule is CCNC(=O)NC[C@@H](C)CN1CCN(C)CC1. The zero-order chi connectivity index (χ0) is 12.7. The third-order valence-corrected chi connectivity index (χ3v) is 3.11. The predicted octanol–water partition coefficient (Wildman–Crippen LogP) is 0.189. The minimum atomic E-state index is -0.0577. The van der Waals surface area contributed by atoms with E-state index < -0.39 is 0 Å². The molecule has 1 saturated heterocycles. The van der Waals surface area contributed by atoms with Crippen molar-refractivity contribution in [2.24, 2.45) is 5.92 Å². The molecule has 0 saturated carbocycles.